The van der Waals surface area contributed by atoms with Crippen molar-refractivity contribution in [1.82, 2.24) is 10.2 Å². The number of hydrogen-bond acceptors (Lipinski definition) is 4. The van der Waals surface area contributed by atoms with Crippen molar-refractivity contribution in [1.29, 1.82) is 0 Å². The van der Waals surface area contributed by atoms with Gasteiger partial charge in [-0.3, -0.25) is 9.69 Å². The van der Waals surface area contributed by atoms with Crippen LogP contribution in [0.2, 0.25) is 10.0 Å². The first-order valence-electron chi connectivity index (χ1n) is 8.32. The number of benzene rings is 2. The lowest BCUT2D eigenvalue weighted by Gasteiger charge is -2.22. The van der Waals surface area contributed by atoms with E-state index in [0.717, 1.165) is 5.56 Å². The van der Waals surface area contributed by atoms with Gasteiger partial charge in [-0.2, -0.15) is 0 Å². The predicted octanol–water partition coefficient (Wildman–Crippen LogP) is 3.78. The van der Waals surface area contributed by atoms with Crippen molar-refractivity contribution in [3.8, 4) is 11.5 Å². The van der Waals surface area contributed by atoms with Gasteiger partial charge in [-0.25, -0.2) is 4.79 Å². The van der Waals surface area contributed by atoms with Crippen LogP contribution in [0.4, 0.5) is 4.79 Å². The van der Waals surface area contributed by atoms with E-state index in [0.29, 0.717) is 33.5 Å². The van der Waals surface area contributed by atoms with Gasteiger partial charge in [0.15, 0.2) is 11.5 Å². The molecule has 1 fully saturated rings. The molecule has 6 nitrogen and oxygen atoms in total. The molecule has 1 saturated heterocycles. The van der Waals surface area contributed by atoms with E-state index >= 15 is 0 Å². The zero-order chi connectivity index (χ0) is 19.2. The van der Waals surface area contributed by atoms with Crippen LogP contribution in [0.25, 0.3) is 0 Å². The minimum absolute atomic E-state index is 0.0808. The second-order valence-corrected chi connectivity index (χ2v) is 7.60. The van der Waals surface area contributed by atoms with Gasteiger partial charge in [-0.05, 0) is 42.3 Å². The van der Waals surface area contributed by atoms with Crippen LogP contribution in [0, 0.1) is 0 Å². The maximum atomic E-state index is 13.0. The molecule has 0 saturated carbocycles. The third kappa shape index (κ3) is 3.31. The summed E-state index contributed by atoms with van der Waals surface area (Å²) in [4.78, 5) is 26.6. The van der Waals surface area contributed by atoms with Crippen molar-refractivity contribution in [2.75, 3.05) is 6.79 Å². The number of fused-ring (bicyclic) bond motifs is 1. The Balaban J connectivity index is 1.54. The fraction of sp³-hybridized carbons (Fsp3) is 0.263. The summed E-state index contributed by atoms with van der Waals surface area (Å²) in [7, 11) is 0. The highest BCUT2D eigenvalue weighted by Crippen LogP contribution is 2.34. The molecule has 2 heterocycles. The molecule has 0 bridgehead atoms. The third-order valence-electron chi connectivity index (χ3n) is 4.68. The Morgan fingerprint density at radius 3 is 2.67 bits per heavy atom. The minimum atomic E-state index is -1.05. The van der Waals surface area contributed by atoms with Crippen LogP contribution in [0.15, 0.2) is 36.4 Å². The molecule has 2 aliphatic heterocycles. The van der Waals surface area contributed by atoms with E-state index in [-0.39, 0.29) is 19.2 Å². The highest BCUT2D eigenvalue weighted by molar-refractivity contribution is 6.35. The van der Waals surface area contributed by atoms with E-state index in [9.17, 15) is 9.59 Å². The van der Waals surface area contributed by atoms with Crippen molar-refractivity contribution in [3.63, 3.8) is 0 Å². The fourth-order valence-corrected chi connectivity index (χ4v) is 3.76. The maximum absolute atomic E-state index is 13.0. The molecule has 1 N–H and O–H groups in total. The van der Waals surface area contributed by atoms with Gasteiger partial charge in [-0.1, -0.05) is 35.3 Å². The van der Waals surface area contributed by atoms with Gasteiger partial charge in [0, 0.05) is 16.5 Å². The Morgan fingerprint density at radius 1 is 1.11 bits per heavy atom. The zero-order valence-electron chi connectivity index (χ0n) is 14.4. The Labute approximate surface area is 165 Å². The van der Waals surface area contributed by atoms with Gasteiger partial charge < -0.3 is 14.8 Å². The lowest BCUT2D eigenvalue weighted by atomic mass is 9.92. The summed E-state index contributed by atoms with van der Waals surface area (Å²) in [5.41, 5.74) is 0.461. The monoisotopic (exact) mass is 406 g/mol. The molecule has 140 valence electrons. The van der Waals surface area contributed by atoms with E-state index in [4.69, 9.17) is 32.7 Å². The molecular formula is C19H16Cl2N2O4. The lowest BCUT2D eigenvalue weighted by Crippen LogP contribution is -2.45. The standard InChI is InChI=1S/C19H16Cl2N2O4/c1-19(8-11-2-5-15-16(6-11)27-10-26-15)17(24)23(18(25)22-19)9-12-3-4-13(20)7-14(12)21/h2-7H,8-10H2,1H3,(H,22,25)/t19-/m0/s1. The Kier molecular flexibility index (Phi) is 4.40. The van der Waals surface area contributed by atoms with Gasteiger partial charge in [-0.15, -0.1) is 0 Å². The average molecular weight is 407 g/mol. The van der Waals surface area contributed by atoms with E-state index in [1.807, 2.05) is 12.1 Å². The Morgan fingerprint density at radius 2 is 1.89 bits per heavy atom. The number of nitrogens with zero attached hydrogens (tertiary/aromatic N) is 1. The molecule has 0 radical (unpaired) electrons. The molecule has 2 aliphatic rings. The molecule has 0 spiro atoms. The topological polar surface area (TPSA) is 67.9 Å². The van der Waals surface area contributed by atoms with E-state index < -0.39 is 11.6 Å². The Bertz CT molecular complexity index is 949. The number of ether oxygens (including phenoxy) is 2. The quantitative estimate of drug-likeness (QED) is 0.784. The zero-order valence-corrected chi connectivity index (χ0v) is 15.9. The second kappa shape index (κ2) is 6.62. The first-order valence-corrected chi connectivity index (χ1v) is 9.08. The first-order chi connectivity index (χ1) is 12.9. The number of imide groups is 1. The summed E-state index contributed by atoms with van der Waals surface area (Å²) in [6, 6.07) is 10.00. The normalized spacial score (nSPS) is 20.9. The van der Waals surface area contributed by atoms with Gasteiger partial charge in [0.25, 0.3) is 5.91 Å². The number of carbonyl (C=O) groups excluding carboxylic acids is 2. The van der Waals surface area contributed by atoms with Crippen molar-refractivity contribution in [3.05, 3.63) is 57.6 Å². The molecule has 4 rings (SSSR count). The molecule has 0 aromatic heterocycles. The van der Waals surface area contributed by atoms with Crippen LogP contribution in [0.3, 0.4) is 0 Å². The molecule has 27 heavy (non-hydrogen) atoms. The van der Waals surface area contributed by atoms with Crippen molar-refractivity contribution in [2.24, 2.45) is 0 Å². The number of halogens is 2. The molecule has 3 amide bonds. The van der Waals surface area contributed by atoms with E-state index in [2.05, 4.69) is 5.32 Å². The minimum Gasteiger partial charge on any atom is -0.454 e. The highest BCUT2D eigenvalue weighted by Gasteiger charge is 2.47. The summed E-state index contributed by atoms with van der Waals surface area (Å²) >= 11 is 12.1. The SMILES string of the molecule is C[C@@]1(Cc2ccc3c(c2)OCO3)NC(=O)N(Cc2ccc(Cl)cc2Cl)C1=O. The summed E-state index contributed by atoms with van der Waals surface area (Å²) in [5, 5.41) is 3.70. The van der Waals surface area contributed by atoms with Gasteiger partial charge in [0.1, 0.15) is 5.54 Å². The molecule has 8 heteroatoms. The van der Waals surface area contributed by atoms with Gasteiger partial charge in [0.2, 0.25) is 6.79 Å². The summed E-state index contributed by atoms with van der Waals surface area (Å²) in [5.74, 6) is 0.999. The van der Waals surface area contributed by atoms with Crippen LogP contribution in [0.1, 0.15) is 18.1 Å². The van der Waals surface area contributed by atoms with Crippen molar-refractivity contribution < 1.29 is 19.1 Å². The van der Waals surface area contributed by atoms with E-state index in [1.54, 1.807) is 31.2 Å². The number of nitrogens with one attached hydrogen (secondary N) is 1. The Hall–Kier alpha value is -2.44. The van der Waals surface area contributed by atoms with Crippen molar-refractivity contribution >= 4 is 35.1 Å². The van der Waals surface area contributed by atoms with Crippen molar-refractivity contribution in [2.45, 2.75) is 25.4 Å². The smallest absolute Gasteiger partial charge is 0.325 e. The number of carbonyl (C=O) groups is 2. The highest BCUT2D eigenvalue weighted by atomic mass is 35.5. The summed E-state index contributed by atoms with van der Waals surface area (Å²) in [6.07, 6.45) is 0.332. The van der Waals surface area contributed by atoms with Crippen LogP contribution in [0.5, 0.6) is 11.5 Å². The molecular weight excluding hydrogens is 391 g/mol. The molecule has 1 atom stereocenters. The van der Waals surface area contributed by atoms with Crippen LogP contribution in [-0.4, -0.2) is 29.2 Å². The van der Waals surface area contributed by atoms with Gasteiger partial charge in [0.05, 0.1) is 6.54 Å². The van der Waals surface area contributed by atoms with Crippen LogP contribution in [-0.2, 0) is 17.8 Å². The summed E-state index contributed by atoms with van der Waals surface area (Å²) < 4.78 is 10.7. The second-order valence-electron chi connectivity index (χ2n) is 6.75. The first kappa shape index (κ1) is 17.9. The van der Waals surface area contributed by atoms with Gasteiger partial charge >= 0.3 is 6.03 Å². The fourth-order valence-electron chi connectivity index (χ4n) is 3.29. The molecule has 0 unspecified atom stereocenters. The number of urea groups is 1. The lowest BCUT2D eigenvalue weighted by molar-refractivity contribution is -0.131. The average Bonchev–Trinajstić information content (AvgIpc) is 3.15. The number of amides is 3. The van der Waals surface area contributed by atoms with Crippen LogP contribution >= 0.6 is 23.2 Å². The molecule has 0 aliphatic carbocycles. The van der Waals surface area contributed by atoms with Crippen LogP contribution < -0.4 is 14.8 Å². The number of hydrogen-bond donors (Lipinski definition) is 1. The van der Waals surface area contributed by atoms with E-state index in [1.165, 1.54) is 4.90 Å². The third-order valence-corrected chi connectivity index (χ3v) is 5.27. The number of rotatable bonds is 4. The molecule has 2 aromatic carbocycles. The maximum Gasteiger partial charge on any atom is 0.325 e. The molecule has 2 aromatic rings. The summed E-state index contributed by atoms with van der Waals surface area (Å²) in [6.45, 7) is 1.97. The largest absolute Gasteiger partial charge is 0.454 e. The predicted molar refractivity (Wildman–Crippen MR) is 100 cm³/mol.